The Labute approximate surface area is 146 Å². The molecule has 1 saturated carbocycles. The van der Waals surface area contributed by atoms with E-state index in [1.54, 1.807) is 23.1 Å². The highest BCUT2D eigenvalue weighted by Gasteiger charge is 2.32. The Hall–Kier alpha value is -2.57. The van der Waals surface area contributed by atoms with E-state index < -0.39 is 5.97 Å². The number of aromatic carboxylic acids is 1. The number of piperidine rings is 1. The van der Waals surface area contributed by atoms with Gasteiger partial charge in [-0.1, -0.05) is 12.1 Å². The first-order valence-electron chi connectivity index (χ1n) is 8.68. The van der Waals surface area contributed by atoms with Crippen molar-refractivity contribution in [3.63, 3.8) is 0 Å². The maximum absolute atomic E-state index is 12.2. The highest BCUT2D eigenvalue weighted by Crippen LogP contribution is 2.29. The Morgan fingerprint density at radius 1 is 1.12 bits per heavy atom. The van der Waals surface area contributed by atoms with E-state index in [4.69, 9.17) is 5.11 Å². The number of rotatable bonds is 5. The van der Waals surface area contributed by atoms with E-state index in [1.165, 1.54) is 6.07 Å². The lowest BCUT2D eigenvalue weighted by Gasteiger charge is -2.32. The maximum atomic E-state index is 12.2. The summed E-state index contributed by atoms with van der Waals surface area (Å²) < 4.78 is 0. The summed E-state index contributed by atoms with van der Waals surface area (Å²) in [6.45, 7) is 1.51. The van der Waals surface area contributed by atoms with Crippen LogP contribution in [0.3, 0.4) is 0 Å². The Morgan fingerprint density at radius 3 is 2.48 bits per heavy atom. The molecule has 1 heterocycles. The van der Waals surface area contributed by atoms with Gasteiger partial charge < -0.3 is 20.6 Å². The van der Waals surface area contributed by atoms with Crippen molar-refractivity contribution in [3.05, 3.63) is 35.4 Å². The van der Waals surface area contributed by atoms with Crippen LogP contribution in [0.1, 0.15) is 41.6 Å². The summed E-state index contributed by atoms with van der Waals surface area (Å²) in [4.78, 5) is 36.7. The Morgan fingerprint density at radius 2 is 1.84 bits per heavy atom. The molecule has 3 N–H and O–H groups in total. The molecule has 0 unspecified atom stereocenters. The number of urea groups is 1. The number of carboxylic acid groups (broad SMARTS) is 1. The number of benzene rings is 1. The van der Waals surface area contributed by atoms with Gasteiger partial charge in [-0.25, -0.2) is 9.59 Å². The van der Waals surface area contributed by atoms with Crippen molar-refractivity contribution >= 4 is 17.9 Å². The van der Waals surface area contributed by atoms with Gasteiger partial charge in [-0.2, -0.15) is 0 Å². The third-order valence-electron chi connectivity index (χ3n) is 4.69. The van der Waals surface area contributed by atoms with Crippen molar-refractivity contribution in [2.75, 3.05) is 13.1 Å². The van der Waals surface area contributed by atoms with Gasteiger partial charge in [0.05, 0.1) is 5.56 Å². The van der Waals surface area contributed by atoms with Crippen LogP contribution in [0, 0.1) is 5.92 Å². The highest BCUT2D eigenvalue weighted by molar-refractivity contribution is 5.87. The van der Waals surface area contributed by atoms with Gasteiger partial charge in [-0.3, -0.25) is 4.79 Å². The van der Waals surface area contributed by atoms with Crippen molar-refractivity contribution in [3.8, 4) is 0 Å². The first-order valence-corrected chi connectivity index (χ1v) is 8.68. The highest BCUT2D eigenvalue weighted by atomic mass is 16.4. The van der Waals surface area contributed by atoms with Crippen LogP contribution in [0.5, 0.6) is 0 Å². The average Bonchev–Trinajstić information content (AvgIpc) is 3.46. The average molecular weight is 345 g/mol. The summed E-state index contributed by atoms with van der Waals surface area (Å²) in [5.41, 5.74) is 0.957. The summed E-state index contributed by atoms with van der Waals surface area (Å²) in [6, 6.07) is 6.53. The second-order valence-electron chi connectivity index (χ2n) is 6.71. The largest absolute Gasteiger partial charge is 0.478 e. The molecule has 1 aliphatic carbocycles. The molecule has 3 rings (SSSR count). The molecule has 0 radical (unpaired) electrons. The molecule has 0 bridgehead atoms. The SMILES string of the molecule is O=C(O)c1cccc(CNC(=O)N2CCC(NC(=O)C3CC3)CC2)c1. The number of hydrogen-bond acceptors (Lipinski definition) is 3. The van der Waals surface area contributed by atoms with Crippen molar-refractivity contribution in [2.24, 2.45) is 5.92 Å². The summed E-state index contributed by atoms with van der Waals surface area (Å²) in [6.07, 6.45) is 3.52. The summed E-state index contributed by atoms with van der Waals surface area (Å²) in [5, 5.41) is 14.9. The van der Waals surface area contributed by atoms with Crippen molar-refractivity contribution in [1.29, 1.82) is 0 Å². The maximum Gasteiger partial charge on any atom is 0.335 e. The summed E-state index contributed by atoms with van der Waals surface area (Å²) in [7, 11) is 0. The molecule has 2 fully saturated rings. The van der Waals surface area contributed by atoms with E-state index in [0.717, 1.165) is 31.2 Å². The molecule has 3 amide bonds. The number of amides is 3. The number of nitrogens with one attached hydrogen (secondary N) is 2. The van der Waals surface area contributed by atoms with Crippen LogP contribution >= 0.6 is 0 Å². The third kappa shape index (κ3) is 4.71. The first kappa shape index (κ1) is 17.3. The topological polar surface area (TPSA) is 98.7 Å². The van der Waals surface area contributed by atoms with E-state index in [2.05, 4.69) is 10.6 Å². The smallest absolute Gasteiger partial charge is 0.335 e. The van der Waals surface area contributed by atoms with Gasteiger partial charge in [-0.05, 0) is 43.4 Å². The van der Waals surface area contributed by atoms with Crippen LogP contribution in [0.15, 0.2) is 24.3 Å². The zero-order valence-electron chi connectivity index (χ0n) is 14.0. The van der Waals surface area contributed by atoms with Crippen LogP contribution in [0.2, 0.25) is 0 Å². The lowest BCUT2D eigenvalue weighted by atomic mass is 10.1. The molecule has 25 heavy (non-hydrogen) atoms. The van der Waals surface area contributed by atoms with Crippen LogP contribution in [0.4, 0.5) is 4.79 Å². The van der Waals surface area contributed by atoms with Crippen molar-refractivity contribution < 1.29 is 19.5 Å². The molecule has 1 aromatic carbocycles. The second-order valence-corrected chi connectivity index (χ2v) is 6.71. The number of likely N-dealkylation sites (tertiary alicyclic amines) is 1. The molecule has 7 heteroatoms. The van der Waals surface area contributed by atoms with E-state index in [9.17, 15) is 14.4 Å². The normalized spacial score (nSPS) is 17.8. The summed E-state index contributed by atoms with van der Waals surface area (Å²) in [5.74, 6) is -0.618. The van der Waals surface area contributed by atoms with E-state index >= 15 is 0 Å². The molecule has 134 valence electrons. The van der Waals surface area contributed by atoms with Gasteiger partial charge in [-0.15, -0.1) is 0 Å². The number of hydrogen-bond donors (Lipinski definition) is 3. The fourth-order valence-corrected chi connectivity index (χ4v) is 3.00. The molecular formula is C18H23N3O4. The van der Waals surface area contributed by atoms with Gasteiger partial charge in [0.1, 0.15) is 0 Å². The molecule has 1 saturated heterocycles. The van der Waals surface area contributed by atoms with Crippen molar-refractivity contribution in [1.82, 2.24) is 15.5 Å². The molecule has 2 aliphatic rings. The molecule has 1 aromatic rings. The van der Waals surface area contributed by atoms with Crippen molar-refractivity contribution in [2.45, 2.75) is 38.3 Å². The lowest BCUT2D eigenvalue weighted by molar-refractivity contribution is -0.123. The monoisotopic (exact) mass is 345 g/mol. The minimum absolute atomic E-state index is 0.154. The van der Waals surface area contributed by atoms with E-state index in [0.29, 0.717) is 13.1 Å². The minimum atomic E-state index is -0.983. The van der Waals surface area contributed by atoms with E-state index in [1.807, 2.05) is 0 Å². The van der Waals surface area contributed by atoms with Gasteiger partial charge in [0, 0.05) is 31.6 Å². The molecule has 0 spiro atoms. The fourth-order valence-electron chi connectivity index (χ4n) is 3.00. The zero-order valence-corrected chi connectivity index (χ0v) is 14.0. The minimum Gasteiger partial charge on any atom is -0.478 e. The van der Waals surface area contributed by atoms with Crippen LogP contribution in [0.25, 0.3) is 0 Å². The van der Waals surface area contributed by atoms with Gasteiger partial charge in [0.15, 0.2) is 0 Å². The number of nitrogens with zero attached hydrogens (tertiary/aromatic N) is 1. The predicted molar refractivity (Wildman–Crippen MR) is 91.1 cm³/mol. The predicted octanol–water partition coefficient (Wildman–Crippen LogP) is 1.58. The summed E-state index contributed by atoms with van der Waals surface area (Å²) >= 11 is 0. The Kier molecular flexibility index (Phi) is 5.21. The quantitative estimate of drug-likeness (QED) is 0.754. The van der Waals surface area contributed by atoms with Crippen LogP contribution in [-0.2, 0) is 11.3 Å². The molecule has 7 nitrogen and oxygen atoms in total. The Balaban J connectivity index is 1.42. The van der Waals surface area contributed by atoms with Gasteiger partial charge in [0.25, 0.3) is 0 Å². The van der Waals surface area contributed by atoms with Gasteiger partial charge >= 0.3 is 12.0 Å². The van der Waals surface area contributed by atoms with Crippen LogP contribution in [-0.4, -0.2) is 47.0 Å². The first-order chi connectivity index (χ1) is 12.0. The van der Waals surface area contributed by atoms with Crippen LogP contribution < -0.4 is 10.6 Å². The standard InChI is InChI=1S/C18H23N3O4/c22-16(13-4-5-13)20-15-6-8-21(9-7-15)18(25)19-11-12-2-1-3-14(10-12)17(23)24/h1-3,10,13,15H,4-9,11H2,(H,19,25)(H,20,22)(H,23,24). The zero-order chi connectivity index (χ0) is 17.8. The Bertz CT molecular complexity index is 664. The fraction of sp³-hybridized carbons (Fsp3) is 0.500. The molecular weight excluding hydrogens is 322 g/mol. The second kappa shape index (κ2) is 7.55. The third-order valence-corrected chi connectivity index (χ3v) is 4.69. The number of carbonyl (C=O) groups excluding carboxylic acids is 2. The lowest BCUT2D eigenvalue weighted by Crippen LogP contribution is -2.49. The number of carbonyl (C=O) groups is 3. The van der Waals surface area contributed by atoms with Gasteiger partial charge in [0.2, 0.25) is 5.91 Å². The number of carboxylic acids is 1. The molecule has 0 atom stereocenters. The molecule has 1 aliphatic heterocycles. The molecule has 0 aromatic heterocycles. The van der Waals surface area contributed by atoms with E-state index in [-0.39, 0.29) is 36.0 Å².